The van der Waals surface area contributed by atoms with E-state index in [1.54, 1.807) is 11.1 Å². The van der Waals surface area contributed by atoms with Gasteiger partial charge in [-0.1, -0.05) is 38.1 Å². The van der Waals surface area contributed by atoms with E-state index in [2.05, 4.69) is 50.4 Å². The SMILES string of the molecule is CC/C=C(\C)c1ccc(C2CC2)c(CC(C)CNC)c1. The molecule has 0 heterocycles. The molecule has 20 heavy (non-hydrogen) atoms. The van der Waals surface area contributed by atoms with Crippen LogP contribution >= 0.6 is 0 Å². The van der Waals surface area contributed by atoms with Gasteiger partial charge < -0.3 is 5.32 Å². The Morgan fingerprint density at radius 2 is 2.15 bits per heavy atom. The van der Waals surface area contributed by atoms with Crippen molar-refractivity contribution in [1.29, 1.82) is 0 Å². The third-order valence-corrected chi connectivity index (χ3v) is 4.25. The first kappa shape index (κ1) is 15.3. The summed E-state index contributed by atoms with van der Waals surface area (Å²) in [5, 5.41) is 3.30. The Balaban J connectivity index is 2.24. The second-order valence-corrected chi connectivity index (χ2v) is 6.35. The molecule has 1 atom stereocenters. The van der Waals surface area contributed by atoms with Gasteiger partial charge in [-0.15, -0.1) is 0 Å². The second-order valence-electron chi connectivity index (χ2n) is 6.35. The van der Waals surface area contributed by atoms with Gasteiger partial charge in [0.05, 0.1) is 0 Å². The van der Waals surface area contributed by atoms with E-state index in [4.69, 9.17) is 0 Å². The van der Waals surface area contributed by atoms with Crippen molar-refractivity contribution in [2.24, 2.45) is 5.92 Å². The van der Waals surface area contributed by atoms with E-state index in [0.29, 0.717) is 5.92 Å². The van der Waals surface area contributed by atoms with Crippen molar-refractivity contribution in [2.75, 3.05) is 13.6 Å². The maximum absolute atomic E-state index is 3.30. The minimum atomic E-state index is 0.697. The zero-order valence-electron chi connectivity index (χ0n) is 13.5. The van der Waals surface area contributed by atoms with Crippen LogP contribution in [-0.4, -0.2) is 13.6 Å². The Morgan fingerprint density at radius 1 is 1.40 bits per heavy atom. The molecule has 1 unspecified atom stereocenters. The fraction of sp³-hybridized carbons (Fsp3) is 0.579. The van der Waals surface area contributed by atoms with Crippen LogP contribution in [0.1, 0.15) is 62.6 Å². The van der Waals surface area contributed by atoms with Crippen molar-refractivity contribution >= 4 is 5.57 Å². The number of allylic oxidation sites excluding steroid dienone is 2. The van der Waals surface area contributed by atoms with Gasteiger partial charge in [-0.05, 0) is 80.3 Å². The summed E-state index contributed by atoms with van der Waals surface area (Å²) in [7, 11) is 2.04. The van der Waals surface area contributed by atoms with Gasteiger partial charge >= 0.3 is 0 Å². The fourth-order valence-corrected chi connectivity index (χ4v) is 3.04. The second kappa shape index (κ2) is 7.08. The quantitative estimate of drug-likeness (QED) is 0.753. The standard InChI is InChI=1S/C19H29N/c1-5-6-15(3)17-9-10-19(16-7-8-16)18(12-17)11-14(2)13-20-4/h6,9-10,12,14,16,20H,5,7-8,11,13H2,1-4H3/b15-6+. The predicted octanol–water partition coefficient (Wildman–Crippen LogP) is 4.78. The maximum atomic E-state index is 3.30. The first-order valence-electron chi connectivity index (χ1n) is 8.10. The van der Waals surface area contributed by atoms with E-state index in [1.807, 2.05) is 7.05 Å². The molecule has 0 spiro atoms. The van der Waals surface area contributed by atoms with Gasteiger partial charge in [-0.25, -0.2) is 0 Å². The zero-order valence-corrected chi connectivity index (χ0v) is 13.5. The molecule has 1 aliphatic rings. The van der Waals surface area contributed by atoms with Gasteiger partial charge in [0.15, 0.2) is 0 Å². The minimum absolute atomic E-state index is 0.697. The van der Waals surface area contributed by atoms with Gasteiger partial charge in [0.2, 0.25) is 0 Å². The minimum Gasteiger partial charge on any atom is -0.319 e. The molecule has 1 fully saturated rings. The number of hydrogen-bond acceptors (Lipinski definition) is 1. The van der Waals surface area contributed by atoms with Crippen molar-refractivity contribution in [3.63, 3.8) is 0 Å². The van der Waals surface area contributed by atoms with Crippen LogP contribution in [0.2, 0.25) is 0 Å². The van der Waals surface area contributed by atoms with E-state index in [0.717, 1.165) is 18.9 Å². The summed E-state index contributed by atoms with van der Waals surface area (Å²) in [5.41, 5.74) is 6.01. The molecule has 1 saturated carbocycles. The van der Waals surface area contributed by atoms with Crippen LogP contribution in [0.5, 0.6) is 0 Å². The highest BCUT2D eigenvalue weighted by atomic mass is 14.8. The normalized spacial score (nSPS) is 17.3. The van der Waals surface area contributed by atoms with E-state index in [1.165, 1.54) is 30.4 Å². The maximum Gasteiger partial charge on any atom is -0.00230 e. The Bertz CT molecular complexity index is 469. The van der Waals surface area contributed by atoms with E-state index in [-0.39, 0.29) is 0 Å². The smallest absolute Gasteiger partial charge is 0.00230 e. The molecule has 1 nitrogen and oxygen atoms in total. The lowest BCUT2D eigenvalue weighted by molar-refractivity contribution is 0.540. The summed E-state index contributed by atoms with van der Waals surface area (Å²) in [6, 6.07) is 7.16. The topological polar surface area (TPSA) is 12.0 Å². The van der Waals surface area contributed by atoms with Crippen molar-refractivity contribution in [1.82, 2.24) is 5.32 Å². The number of benzene rings is 1. The highest BCUT2D eigenvalue weighted by Crippen LogP contribution is 2.42. The Morgan fingerprint density at radius 3 is 2.75 bits per heavy atom. The summed E-state index contributed by atoms with van der Waals surface area (Å²) in [6.45, 7) is 7.88. The van der Waals surface area contributed by atoms with Gasteiger partial charge in [-0.3, -0.25) is 0 Å². The van der Waals surface area contributed by atoms with E-state index < -0.39 is 0 Å². The lowest BCUT2D eigenvalue weighted by Gasteiger charge is -2.16. The lowest BCUT2D eigenvalue weighted by atomic mass is 9.91. The van der Waals surface area contributed by atoms with Crippen LogP contribution in [-0.2, 0) is 6.42 Å². The summed E-state index contributed by atoms with van der Waals surface area (Å²) in [5.74, 6) is 1.54. The lowest BCUT2D eigenvalue weighted by Crippen LogP contribution is -2.18. The molecule has 0 bridgehead atoms. The number of rotatable bonds is 7. The summed E-state index contributed by atoms with van der Waals surface area (Å²) < 4.78 is 0. The van der Waals surface area contributed by atoms with Gasteiger partial charge in [0.25, 0.3) is 0 Å². The molecule has 110 valence electrons. The molecule has 2 rings (SSSR count). The largest absolute Gasteiger partial charge is 0.319 e. The molecule has 0 aromatic heterocycles. The molecule has 0 aliphatic heterocycles. The van der Waals surface area contributed by atoms with Crippen LogP contribution in [0.3, 0.4) is 0 Å². The van der Waals surface area contributed by atoms with Crippen molar-refractivity contribution in [3.05, 3.63) is 41.0 Å². The molecular weight excluding hydrogens is 242 g/mol. The monoisotopic (exact) mass is 271 g/mol. The Labute approximate surface area is 124 Å². The molecule has 1 heteroatoms. The molecule has 0 saturated heterocycles. The molecule has 1 aromatic rings. The molecule has 0 amide bonds. The van der Waals surface area contributed by atoms with Gasteiger partial charge in [-0.2, -0.15) is 0 Å². The van der Waals surface area contributed by atoms with Crippen LogP contribution in [0, 0.1) is 5.92 Å². The fourth-order valence-electron chi connectivity index (χ4n) is 3.04. The van der Waals surface area contributed by atoms with E-state index in [9.17, 15) is 0 Å². The molecule has 1 N–H and O–H groups in total. The highest BCUT2D eigenvalue weighted by molar-refractivity contribution is 5.65. The Kier molecular flexibility index (Phi) is 5.42. The van der Waals surface area contributed by atoms with Crippen LogP contribution in [0.4, 0.5) is 0 Å². The van der Waals surface area contributed by atoms with Gasteiger partial charge in [0.1, 0.15) is 0 Å². The summed E-state index contributed by atoms with van der Waals surface area (Å²) in [6.07, 6.45) is 7.40. The van der Waals surface area contributed by atoms with Gasteiger partial charge in [0, 0.05) is 0 Å². The van der Waals surface area contributed by atoms with E-state index >= 15 is 0 Å². The first-order valence-corrected chi connectivity index (χ1v) is 8.10. The van der Waals surface area contributed by atoms with Crippen LogP contribution in [0.15, 0.2) is 24.3 Å². The Hall–Kier alpha value is -1.08. The number of nitrogens with one attached hydrogen (secondary N) is 1. The molecule has 0 radical (unpaired) electrons. The summed E-state index contributed by atoms with van der Waals surface area (Å²) in [4.78, 5) is 0. The third-order valence-electron chi connectivity index (χ3n) is 4.25. The molecule has 1 aromatic carbocycles. The predicted molar refractivity (Wildman–Crippen MR) is 89.2 cm³/mol. The van der Waals surface area contributed by atoms with Crippen LogP contribution in [0.25, 0.3) is 5.57 Å². The van der Waals surface area contributed by atoms with Crippen LogP contribution < -0.4 is 5.32 Å². The number of hydrogen-bond donors (Lipinski definition) is 1. The summed E-state index contributed by atoms with van der Waals surface area (Å²) >= 11 is 0. The zero-order chi connectivity index (χ0) is 14.5. The van der Waals surface area contributed by atoms with Crippen molar-refractivity contribution < 1.29 is 0 Å². The molecular formula is C19H29N. The first-order chi connectivity index (χ1) is 9.65. The highest BCUT2D eigenvalue weighted by Gasteiger charge is 2.26. The average Bonchev–Trinajstić information content (AvgIpc) is 3.23. The third kappa shape index (κ3) is 3.96. The average molecular weight is 271 g/mol. The van der Waals surface area contributed by atoms with Crippen molar-refractivity contribution in [2.45, 2.75) is 52.4 Å². The molecule has 1 aliphatic carbocycles. The van der Waals surface area contributed by atoms with Crippen molar-refractivity contribution in [3.8, 4) is 0 Å².